The highest BCUT2D eigenvalue weighted by atomic mass is 79.9. The quantitative estimate of drug-likeness (QED) is 0.815. The topological polar surface area (TPSA) is 82.8 Å². The molecule has 5 nitrogen and oxygen atoms in total. The maximum absolute atomic E-state index is 13.2. The molecule has 2 aromatic rings. The van der Waals surface area contributed by atoms with Crippen LogP contribution in [0.4, 0.5) is 10.1 Å². The Bertz CT molecular complexity index is 852. The number of sulfonamides is 1. The molecule has 0 saturated heterocycles. The van der Waals surface area contributed by atoms with Gasteiger partial charge in [-0.15, -0.1) is 0 Å². The highest BCUT2D eigenvalue weighted by Gasteiger charge is 2.17. The first-order valence-corrected chi connectivity index (χ1v) is 8.02. The SMILES string of the molecule is N#Cc1cc(S(=O)(=O)Nc2cnc(Cl)c(Br)c2)ccc1F. The molecule has 0 aliphatic heterocycles. The summed E-state index contributed by atoms with van der Waals surface area (Å²) in [4.78, 5) is 3.55. The van der Waals surface area contributed by atoms with Crippen LogP contribution in [0.25, 0.3) is 0 Å². The fourth-order valence-corrected chi connectivity index (χ4v) is 2.96. The van der Waals surface area contributed by atoms with Crippen molar-refractivity contribution in [3.63, 3.8) is 0 Å². The van der Waals surface area contributed by atoms with Gasteiger partial charge in [-0.3, -0.25) is 4.72 Å². The summed E-state index contributed by atoms with van der Waals surface area (Å²) in [6.07, 6.45) is 1.24. The van der Waals surface area contributed by atoms with E-state index in [4.69, 9.17) is 16.9 Å². The number of anilines is 1. The molecule has 9 heteroatoms. The van der Waals surface area contributed by atoms with Crippen LogP contribution in [-0.2, 0) is 10.0 Å². The Hall–Kier alpha value is -1.69. The van der Waals surface area contributed by atoms with Crippen molar-refractivity contribution >= 4 is 43.2 Å². The van der Waals surface area contributed by atoms with Crippen LogP contribution in [-0.4, -0.2) is 13.4 Å². The third-order valence-corrected chi connectivity index (χ3v) is 4.93. The molecular formula is C12H6BrClFN3O2S. The lowest BCUT2D eigenvalue weighted by atomic mass is 10.2. The molecule has 0 atom stereocenters. The monoisotopic (exact) mass is 389 g/mol. The Morgan fingerprint density at radius 1 is 1.38 bits per heavy atom. The van der Waals surface area contributed by atoms with E-state index < -0.39 is 15.8 Å². The molecule has 1 N–H and O–H groups in total. The van der Waals surface area contributed by atoms with Crippen molar-refractivity contribution in [1.29, 1.82) is 5.26 Å². The predicted molar refractivity (Wildman–Crippen MR) is 78.9 cm³/mol. The van der Waals surface area contributed by atoms with E-state index in [0.29, 0.717) is 4.47 Å². The zero-order valence-corrected chi connectivity index (χ0v) is 13.3. The molecule has 0 aliphatic rings. The summed E-state index contributed by atoms with van der Waals surface area (Å²) in [5.74, 6) is -0.785. The Labute approximate surface area is 133 Å². The maximum atomic E-state index is 13.2. The Morgan fingerprint density at radius 2 is 2.10 bits per heavy atom. The number of hydrogen-bond donors (Lipinski definition) is 1. The minimum absolute atomic E-state index is 0.175. The minimum atomic E-state index is -3.96. The van der Waals surface area contributed by atoms with E-state index in [-0.39, 0.29) is 21.3 Å². The largest absolute Gasteiger partial charge is 0.278 e. The molecule has 0 aliphatic carbocycles. The van der Waals surface area contributed by atoms with Gasteiger partial charge in [-0.1, -0.05) is 11.6 Å². The van der Waals surface area contributed by atoms with Gasteiger partial charge >= 0.3 is 0 Å². The second-order valence-corrected chi connectivity index (χ2v) is 6.75. The van der Waals surface area contributed by atoms with Crippen molar-refractivity contribution in [2.75, 3.05) is 4.72 Å². The molecule has 1 aromatic carbocycles. The van der Waals surface area contributed by atoms with Gasteiger partial charge in [0.1, 0.15) is 17.0 Å². The Kier molecular flexibility index (Phi) is 4.46. The summed E-state index contributed by atoms with van der Waals surface area (Å²) in [5, 5.41) is 8.92. The second-order valence-electron chi connectivity index (χ2n) is 3.86. The molecule has 0 bridgehead atoms. The van der Waals surface area contributed by atoms with Crippen LogP contribution >= 0.6 is 27.5 Å². The number of halogens is 3. The molecule has 0 radical (unpaired) electrons. The number of rotatable bonds is 3. The lowest BCUT2D eigenvalue weighted by Gasteiger charge is -2.09. The molecule has 1 aromatic heterocycles. The molecule has 0 spiro atoms. The summed E-state index contributed by atoms with van der Waals surface area (Å²) >= 11 is 8.83. The summed E-state index contributed by atoms with van der Waals surface area (Å²) in [7, 11) is -3.96. The Morgan fingerprint density at radius 3 is 2.71 bits per heavy atom. The number of nitrogens with one attached hydrogen (secondary N) is 1. The number of nitrogens with zero attached hydrogens (tertiary/aromatic N) is 2. The molecule has 0 saturated carbocycles. The van der Waals surface area contributed by atoms with E-state index in [1.54, 1.807) is 6.07 Å². The van der Waals surface area contributed by atoms with E-state index in [1.807, 2.05) is 0 Å². The van der Waals surface area contributed by atoms with Gasteiger partial charge in [0.25, 0.3) is 10.0 Å². The third-order valence-electron chi connectivity index (χ3n) is 2.42. The van der Waals surface area contributed by atoms with Crippen molar-refractivity contribution in [3.8, 4) is 6.07 Å². The van der Waals surface area contributed by atoms with Gasteiger partial charge in [-0.2, -0.15) is 5.26 Å². The van der Waals surface area contributed by atoms with Gasteiger partial charge < -0.3 is 0 Å². The Balaban J connectivity index is 2.38. The first-order chi connectivity index (χ1) is 9.83. The first kappa shape index (κ1) is 15.7. The van der Waals surface area contributed by atoms with Gasteiger partial charge in [-0.25, -0.2) is 17.8 Å². The lowest BCUT2D eigenvalue weighted by Crippen LogP contribution is -2.13. The van der Waals surface area contributed by atoms with Crippen LogP contribution in [0.1, 0.15) is 5.56 Å². The minimum Gasteiger partial charge on any atom is -0.278 e. The smallest absolute Gasteiger partial charge is 0.261 e. The lowest BCUT2D eigenvalue weighted by molar-refractivity contribution is 0.599. The van der Waals surface area contributed by atoms with Crippen molar-refractivity contribution in [1.82, 2.24) is 4.98 Å². The second kappa shape index (κ2) is 5.97. The predicted octanol–water partition coefficient (Wildman–Crippen LogP) is 3.31. The van der Waals surface area contributed by atoms with Crippen molar-refractivity contribution < 1.29 is 12.8 Å². The average Bonchev–Trinajstić information content (AvgIpc) is 2.43. The normalized spacial score (nSPS) is 11.0. The van der Waals surface area contributed by atoms with Crippen molar-refractivity contribution in [2.24, 2.45) is 0 Å². The number of hydrogen-bond acceptors (Lipinski definition) is 4. The molecule has 0 fully saturated rings. The fraction of sp³-hybridized carbons (Fsp3) is 0. The molecule has 21 heavy (non-hydrogen) atoms. The highest BCUT2D eigenvalue weighted by molar-refractivity contribution is 9.10. The van der Waals surface area contributed by atoms with Crippen molar-refractivity contribution in [2.45, 2.75) is 4.90 Å². The van der Waals surface area contributed by atoms with Gasteiger partial charge in [0, 0.05) is 0 Å². The van der Waals surface area contributed by atoms with Gasteiger partial charge in [0.2, 0.25) is 0 Å². The summed E-state index contributed by atoms with van der Waals surface area (Å²) in [6.45, 7) is 0. The van der Waals surface area contributed by atoms with Crippen LogP contribution in [0.2, 0.25) is 5.15 Å². The van der Waals surface area contributed by atoms with Crippen molar-refractivity contribution in [3.05, 3.63) is 51.5 Å². The molecular weight excluding hydrogens is 385 g/mol. The third kappa shape index (κ3) is 3.50. The summed E-state index contributed by atoms with van der Waals surface area (Å²) in [5.41, 5.74) is -0.178. The summed E-state index contributed by atoms with van der Waals surface area (Å²) in [6, 6.07) is 5.96. The number of benzene rings is 1. The van der Waals surface area contributed by atoms with Crippen LogP contribution in [0, 0.1) is 17.1 Å². The molecule has 1 heterocycles. The van der Waals surface area contributed by atoms with E-state index in [1.165, 1.54) is 12.3 Å². The zero-order chi connectivity index (χ0) is 15.6. The van der Waals surface area contributed by atoms with Crippen LogP contribution in [0.5, 0.6) is 0 Å². The van der Waals surface area contributed by atoms with Crippen LogP contribution < -0.4 is 4.72 Å². The standard InChI is InChI=1S/C12H6BrClFN3O2S/c13-10-4-8(6-17-12(10)14)18-21(19,20)9-1-2-11(15)7(3-9)5-16/h1-4,6,18H. The van der Waals surface area contributed by atoms with Gasteiger partial charge in [0.05, 0.1) is 26.8 Å². The molecule has 0 unspecified atom stereocenters. The highest BCUT2D eigenvalue weighted by Crippen LogP contribution is 2.25. The van der Waals surface area contributed by atoms with E-state index >= 15 is 0 Å². The summed E-state index contributed by atoms with van der Waals surface area (Å²) < 4.78 is 40.2. The molecule has 108 valence electrons. The van der Waals surface area contributed by atoms with Crippen LogP contribution in [0.3, 0.4) is 0 Å². The number of aromatic nitrogens is 1. The van der Waals surface area contributed by atoms with Gasteiger partial charge in [-0.05, 0) is 40.2 Å². The van der Waals surface area contributed by atoms with Crippen LogP contribution in [0.15, 0.2) is 39.8 Å². The number of nitriles is 1. The molecule has 2 rings (SSSR count). The van der Waals surface area contributed by atoms with E-state index in [0.717, 1.165) is 18.2 Å². The fourth-order valence-electron chi connectivity index (χ4n) is 1.45. The zero-order valence-electron chi connectivity index (χ0n) is 10.1. The van der Waals surface area contributed by atoms with E-state index in [2.05, 4.69) is 25.6 Å². The first-order valence-electron chi connectivity index (χ1n) is 5.37. The number of pyridine rings is 1. The molecule has 0 amide bonds. The van der Waals surface area contributed by atoms with E-state index in [9.17, 15) is 12.8 Å². The van der Waals surface area contributed by atoms with Gasteiger partial charge in [0.15, 0.2) is 0 Å². The maximum Gasteiger partial charge on any atom is 0.261 e. The average molecular weight is 391 g/mol.